The standard InChI is InChI=1S/C25H30N2O5/c1-30-21-13-18(14-22(31-2)25(21)32-3)16-24(29)27-10-6-9-26(27)23(28)15-17-11-19-7-4-5-8-20(19)12-17/h4-5,7-8,13-14,17H,6,9-12,15-16H2,1-3H3. The first-order valence-corrected chi connectivity index (χ1v) is 11.0. The van der Waals surface area contributed by atoms with Crippen LogP contribution in [0.4, 0.5) is 0 Å². The molecular formula is C25H30N2O5. The molecule has 170 valence electrons. The maximum atomic E-state index is 13.1. The lowest BCUT2D eigenvalue weighted by Gasteiger charge is -2.29. The van der Waals surface area contributed by atoms with Gasteiger partial charge in [-0.1, -0.05) is 24.3 Å². The Bertz CT molecular complexity index is 956. The Morgan fingerprint density at radius 2 is 1.44 bits per heavy atom. The van der Waals surface area contributed by atoms with Gasteiger partial charge in [-0.3, -0.25) is 19.6 Å². The zero-order chi connectivity index (χ0) is 22.7. The summed E-state index contributed by atoms with van der Waals surface area (Å²) in [5, 5.41) is 3.25. The minimum absolute atomic E-state index is 0.0264. The minimum atomic E-state index is -0.111. The lowest BCUT2D eigenvalue weighted by molar-refractivity contribution is -0.158. The fourth-order valence-corrected chi connectivity index (χ4v) is 4.78. The first-order valence-electron chi connectivity index (χ1n) is 11.0. The topological polar surface area (TPSA) is 68.3 Å². The Morgan fingerprint density at radius 3 is 1.97 bits per heavy atom. The number of hydrogen-bond acceptors (Lipinski definition) is 5. The van der Waals surface area contributed by atoms with Crippen LogP contribution in [0.2, 0.25) is 0 Å². The van der Waals surface area contributed by atoms with E-state index in [-0.39, 0.29) is 18.2 Å². The molecule has 0 atom stereocenters. The number of hydrogen-bond donors (Lipinski definition) is 0. The molecule has 0 aromatic heterocycles. The van der Waals surface area contributed by atoms with Crippen LogP contribution in [0.25, 0.3) is 0 Å². The van der Waals surface area contributed by atoms with E-state index >= 15 is 0 Å². The second-order valence-electron chi connectivity index (χ2n) is 8.34. The van der Waals surface area contributed by atoms with Gasteiger partial charge < -0.3 is 14.2 Å². The van der Waals surface area contributed by atoms with Crippen LogP contribution in [0.5, 0.6) is 17.2 Å². The van der Waals surface area contributed by atoms with Crippen molar-refractivity contribution in [1.82, 2.24) is 10.0 Å². The average molecular weight is 439 g/mol. The van der Waals surface area contributed by atoms with Crippen LogP contribution in [0, 0.1) is 5.92 Å². The maximum absolute atomic E-state index is 13.1. The van der Waals surface area contributed by atoms with Gasteiger partial charge in [-0.25, -0.2) is 0 Å². The summed E-state index contributed by atoms with van der Waals surface area (Å²) in [6.07, 6.45) is 3.25. The summed E-state index contributed by atoms with van der Waals surface area (Å²) < 4.78 is 16.1. The number of hydrazine groups is 1. The summed E-state index contributed by atoms with van der Waals surface area (Å²) in [6.45, 7) is 1.14. The smallest absolute Gasteiger partial charge is 0.245 e. The molecule has 1 saturated heterocycles. The quantitative estimate of drug-likeness (QED) is 0.665. The summed E-state index contributed by atoms with van der Waals surface area (Å²) >= 11 is 0. The van der Waals surface area contributed by atoms with E-state index < -0.39 is 0 Å². The molecule has 7 nitrogen and oxygen atoms in total. The molecule has 32 heavy (non-hydrogen) atoms. The predicted molar refractivity (Wildman–Crippen MR) is 120 cm³/mol. The van der Waals surface area contributed by atoms with Gasteiger partial charge in [-0.2, -0.15) is 0 Å². The van der Waals surface area contributed by atoms with Crippen molar-refractivity contribution in [3.63, 3.8) is 0 Å². The number of amides is 2. The van der Waals surface area contributed by atoms with Crippen LogP contribution in [0.3, 0.4) is 0 Å². The molecule has 0 radical (unpaired) electrons. The number of nitrogens with zero attached hydrogens (tertiary/aromatic N) is 2. The first-order chi connectivity index (χ1) is 15.5. The fourth-order valence-electron chi connectivity index (χ4n) is 4.78. The average Bonchev–Trinajstić information content (AvgIpc) is 3.45. The molecule has 1 heterocycles. The fraction of sp³-hybridized carbons (Fsp3) is 0.440. The number of ether oxygens (including phenoxy) is 3. The van der Waals surface area contributed by atoms with Gasteiger partial charge >= 0.3 is 0 Å². The van der Waals surface area contributed by atoms with E-state index in [9.17, 15) is 9.59 Å². The SMILES string of the molecule is COc1cc(CC(=O)N2CCCN2C(=O)CC2Cc3ccccc3C2)cc(OC)c1OC. The summed E-state index contributed by atoms with van der Waals surface area (Å²) in [5.41, 5.74) is 3.42. The van der Waals surface area contributed by atoms with E-state index in [4.69, 9.17) is 14.2 Å². The highest BCUT2D eigenvalue weighted by atomic mass is 16.5. The van der Waals surface area contributed by atoms with Crippen molar-refractivity contribution in [2.75, 3.05) is 34.4 Å². The van der Waals surface area contributed by atoms with E-state index in [0.29, 0.717) is 42.7 Å². The van der Waals surface area contributed by atoms with Crippen LogP contribution < -0.4 is 14.2 Å². The summed E-state index contributed by atoms with van der Waals surface area (Å²) in [6, 6.07) is 11.9. The molecule has 0 saturated carbocycles. The zero-order valence-corrected chi connectivity index (χ0v) is 18.9. The molecule has 1 aliphatic heterocycles. The lowest BCUT2D eigenvalue weighted by Crippen LogP contribution is -2.46. The summed E-state index contributed by atoms with van der Waals surface area (Å²) in [4.78, 5) is 26.2. The van der Waals surface area contributed by atoms with Crippen LogP contribution >= 0.6 is 0 Å². The van der Waals surface area contributed by atoms with Crippen LogP contribution in [-0.2, 0) is 28.9 Å². The summed E-state index contributed by atoms with van der Waals surface area (Å²) in [5.74, 6) is 1.71. The van der Waals surface area contributed by atoms with E-state index in [1.807, 2.05) is 12.1 Å². The molecule has 2 aliphatic rings. The highest BCUT2D eigenvalue weighted by Crippen LogP contribution is 2.38. The number of benzene rings is 2. The van der Waals surface area contributed by atoms with Gasteiger partial charge in [0.25, 0.3) is 0 Å². The Labute approximate surface area is 188 Å². The number of rotatable bonds is 7. The van der Waals surface area contributed by atoms with Gasteiger partial charge in [0.2, 0.25) is 17.6 Å². The highest BCUT2D eigenvalue weighted by molar-refractivity contribution is 5.84. The third-order valence-electron chi connectivity index (χ3n) is 6.29. The van der Waals surface area contributed by atoms with E-state index in [1.54, 1.807) is 43.5 Å². The molecule has 1 aliphatic carbocycles. The molecule has 2 aromatic carbocycles. The molecule has 0 unspecified atom stereocenters. The Balaban J connectivity index is 1.42. The van der Waals surface area contributed by atoms with Crippen LogP contribution in [-0.4, -0.2) is 56.3 Å². The van der Waals surface area contributed by atoms with Gasteiger partial charge in [0.15, 0.2) is 11.5 Å². The summed E-state index contributed by atoms with van der Waals surface area (Å²) in [7, 11) is 4.64. The molecule has 1 fully saturated rings. The molecule has 0 bridgehead atoms. The van der Waals surface area contributed by atoms with Gasteiger partial charge in [0.05, 0.1) is 27.8 Å². The second-order valence-corrected chi connectivity index (χ2v) is 8.34. The second kappa shape index (κ2) is 9.51. The maximum Gasteiger partial charge on any atom is 0.245 e. The van der Waals surface area contributed by atoms with Crippen LogP contribution in [0.15, 0.2) is 36.4 Å². The van der Waals surface area contributed by atoms with Crippen molar-refractivity contribution < 1.29 is 23.8 Å². The normalized spacial score (nSPS) is 15.6. The zero-order valence-electron chi connectivity index (χ0n) is 18.9. The highest BCUT2D eigenvalue weighted by Gasteiger charge is 2.33. The van der Waals surface area contributed by atoms with Gasteiger partial charge in [-0.05, 0) is 54.0 Å². The van der Waals surface area contributed by atoms with E-state index in [1.165, 1.54) is 11.1 Å². The van der Waals surface area contributed by atoms with Crippen molar-refractivity contribution in [1.29, 1.82) is 0 Å². The molecule has 7 heteroatoms. The Hall–Kier alpha value is -3.22. The molecule has 0 spiro atoms. The predicted octanol–water partition coefficient (Wildman–Crippen LogP) is 3.04. The number of carbonyl (C=O) groups is 2. The molecule has 4 rings (SSSR count). The monoisotopic (exact) mass is 438 g/mol. The largest absolute Gasteiger partial charge is 0.493 e. The molecule has 2 amide bonds. The van der Waals surface area contributed by atoms with Crippen molar-refractivity contribution in [2.24, 2.45) is 5.92 Å². The van der Waals surface area contributed by atoms with Gasteiger partial charge in [0.1, 0.15) is 0 Å². The number of fused-ring (bicyclic) bond motifs is 1. The molecular weight excluding hydrogens is 408 g/mol. The minimum Gasteiger partial charge on any atom is -0.493 e. The Kier molecular flexibility index (Phi) is 6.53. The van der Waals surface area contributed by atoms with Crippen molar-refractivity contribution >= 4 is 11.8 Å². The van der Waals surface area contributed by atoms with E-state index in [2.05, 4.69) is 12.1 Å². The molecule has 0 N–H and O–H groups in total. The Morgan fingerprint density at radius 1 is 0.875 bits per heavy atom. The molecule has 2 aromatic rings. The van der Waals surface area contributed by atoms with E-state index in [0.717, 1.165) is 24.8 Å². The number of carbonyl (C=O) groups excluding carboxylic acids is 2. The van der Waals surface area contributed by atoms with Gasteiger partial charge in [0, 0.05) is 19.5 Å². The first kappa shape index (κ1) is 22.0. The third kappa shape index (κ3) is 4.38. The van der Waals surface area contributed by atoms with Crippen molar-refractivity contribution in [2.45, 2.75) is 32.1 Å². The third-order valence-corrected chi connectivity index (χ3v) is 6.29. The number of methoxy groups -OCH3 is 3. The van der Waals surface area contributed by atoms with Gasteiger partial charge in [-0.15, -0.1) is 0 Å². The van der Waals surface area contributed by atoms with Crippen molar-refractivity contribution in [3.05, 3.63) is 53.1 Å². The van der Waals surface area contributed by atoms with Crippen molar-refractivity contribution in [3.8, 4) is 17.2 Å². The lowest BCUT2D eigenvalue weighted by atomic mass is 10.0. The van der Waals surface area contributed by atoms with Crippen LogP contribution in [0.1, 0.15) is 29.5 Å².